The number of rotatable bonds is 8. The monoisotopic (exact) mass is 378 g/mol. The molecule has 2 aromatic carbocycles. The molecule has 28 heavy (non-hydrogen) atoms. The number of aromatic nitrogens is 1. The topological polar surface area (TPSA) is 8.17 Å². The summed E-state index contributed by atoms with van der Waals surface area (Å²) in [5, 5.41) is 0. The van der Waals surface area contributed by atoms with Gasteiger partial charge in [0.25, 0.3) is 0 Å². The normalized spacial score (nSPS) is 12.7. The van der Waals surface area contributed by atoms with Crippen molar-refractivity contribution in [3.8, 4) is 0 Å². The van der Waals surface area contributed by atoms with Crippen LogP contribution in [0.5, 0.6) is 0 Å². The number of hydrogen-bond acceptors (Lipinski definition) is 1. The molecule has 0 bridgehead atoms. The second-order valence-electron chi connectivity index (χ2n) is 8.07. The molecule has 0 aliphatic heterocycles. The standard InChI is InChI=1S/C25H31FN2/c1-19(2)21(4)28(17-23-9-6-5-8-20(23)3)18-25-10-7-15-27(25)16-22-11-13-24(26)14-12-22/h5-15,19,21H,16-18H2,1-4H3. The van der Waals surface area contributed by atoms with Crippen LogP contribution in [0.15, 0.2) is 66.9 Å². The molecule has 0 fully saturated rings. The maximum absolute atomic E-state index is 13.2. The van der Waals surface area contributed by atoms with Crippen molar-refractivity contribution in [1.29, 1.82) is 0 Å². The lowest BCUT2D eigenvalue weighted by atomic mass is 10.0. The summed E-state index contributed by atoms with van der Waals surface area (Å²) >= 11 is 0. The third-order valence-electron chi connectivity index (χ3n) is 5.73. The van der Waals surface area contributed by atoms with E-state index < -0.39 is 0 Å². The molecule has 3 rings (SSSR count). The van der Waals surface area contributed by atoms with Crippen molar-refractivity contribution in [3.63, 3.8) is 0 Å². The predicted molar refractivity (Wildman–Crippen MR) is 115 cm³/mol. The highest BCUT2D eigenvalue weighted by atomic mass is 19.1. The van der Waals surface area contributed by atoms with Crippen LogP contribution >= 0.6 is 0 Å². The van der Waals surface area contributed by atoms with Crippen LogP contribution in [0.2, 0.25) is 0 Å². The van der Waals surface area contributed by atoms with Gasteiger partial charge in [-0.3, -0.25) is 4.90 Å². The first kappa shape index (κ1) is 20.3. The molecule has 148 valence electrons. The molecule has 0 saturated heterocycles. The summed E-state index contributed by atoms with van der Waals surface area (Å²) in [4.78, 5) is 2.56. The largest absolute Gasteiger partial charge is 0.346 e. The van der Waals surface area contributed by atoms with E-state index in [2.05, 4.69) is 79.8 Å². The average Bonchev–Trinajstić information content (AvgIpc) is 3.10. The van der Waals surface area contributed by atoms with Crippen LogP contribution in [0.25, 0.3) is 0 Å². The Labute approximate surface area is 168 Å². The van der Waals surface area contributed by atoms with Gasteiger partial charge in [0.2, 0.25) is 0 Å². The summed E-state index contributed by atoms with van der Waals surface area (Å²) < 4.78 is 15.5. The van der Waals surface area contributed by atoms with E-state index in [0.29, 0.717) is 12.0 Å². The van der Waals surface area contributed by atoms with E-state index in [4.69, 9.17) is 0 Å². The summed E-state index contributed by atoms with van der Waals surface area (Å²) in [7, 11) is 0. The predicted octanol–water partition coefficient (Wildman–Crippen LogP) is 6.03. The van der Waals surface area contributed by atoms with Crippen molar-refractivity contribution in [2.45, 2.75) is 53.4 Å². The number of hydrogen-bond donors (Lipinski definition) is 0. The van der Waals surface area contributed by atoms with Gasteiger partial charge < -0.3 is 4.57 Å². The van der Waals surface area contributed by atoms with E-state index in [-0.39, 0.29) is 5.82 Å². The van der Waals surface area contributed by atoms with E-state index in [9.17, 15) is 4.39 Å². The lowest BCUT2D eigenvalue weighted by molar-refractivity contribution is 0.148. The minimum absolute atomic E-state index is 0.188. The van der Waals surface area contributed by atoms with E-state index in [1.165, 1.54) is 29.0 Å². The van der Waals surface area contributed by atoms with Gasteiger partial charge in [-0.1, -0.05) is 50.2 Å². The average molecular weight is 379 g/mol. The van der Waals surface area contributed by atoms with E-state index in [1.807, 2.05) is 12.1 Å². The molecule has 0 aliphatic carbocycles. The molecule has 2 nitrogen and oxygen atoms in total. The maximum atomic E-state index is 13.2. The summed E-state index contributed by atoms with van der Waals surface area (Å²) in [6.45, 7) is 11.7. The minimum Gasteiger partial charge on any atom is -0.346 e. The molecule has 0 N–H and O–H groups in total. The fourth-order valence-electron chi connectivity index (χ4n) is 3.51. The molecule has 1 heterocycles. The third kappa shape index (κ3) is 5.11. The molecule has 0 spiro atoms. The number of aryl methyl sites for hydroxylation is 1. The van der Waals surface area contributed by atoms with Crippen molar-refractivity contribution in [2.24, 2.45) is 5.92 Å². The fourth-order valence-corrected chi connectivity index (χ4v) is 3.51. The van der Waals surface area contributed by atoms with Gasteiger partial charge in [0, 0.05) is 37.6 Å². The summed E-state index contributed by atoms with van der Waals surface area (Å²) in [6, 6.07) is 20.2. The Balaban J connectivity index is 1.80. The summed E-state index contributed by atoms with van der Waals surface area (Å²) in [6.07, 6.45) is 2.12. The first-order valence-electron chi connectivity index (χ1n) is 10.1. The van der Waals surface area contributed by atoms with E-state index >= 15 is 0 Å². The van der Waals surface area contributed by atoms with Gasteiger partial charge in [0.15, 0.2) is 0 Å². The van der Waals surface area contributed by atoms with Crippen LogP contribution < -0.4 is 0 Å². The Morgan fingerprint density at radius 3 is 2.29 bits per heavy atom. The van der Waals surface area contributed by atoms with Crippen LogP contribution in [0.4, 0.5) is 4.39 Å². The van der Waals surface area contributed by atoms with Gasteiger partial charge in [-0.25, -0.2) is 4.39 Å². The van der Waals surface area contributed by atoms with Crippen molar-refractivity contribution in [2.75, 3.05) is 0 Å². The molecule has 0 radical (unpaired) electrons. The molecule has 3 aromatic rings. The smallest absolute Gasteiger partial charge is 0.123 e. The number of halogens is 1. The summed E-state index contributed by atoms with van der Waals surface area (Å²) in [5.41, 5.74) is 5.11. The van der Waals surface area contributed by atoms with Gasteiger partial charge in [0.05, 0.1) is 0 Å². The van der Waals surface area contributed by atoms with Crippen molar-refractivity contribution in [1.82, 2.24) is 9.47 Å². The SMILES string of the molecule is Cc1ccccc1CN(Cc1cccn1Cc1ccc(F)cc1)C(C)C(C)C. The van der Waals surface area contributed by atoms with E-state index in [1.54, 1.807) is 0 Å². The van der Waals surface area contributed by atoms with Crippen LogP contribution in [0.1, 0.15) is 43.2 Å². The van der Waals surface area contributed by atoms with Gasteiger partial charge in [-0.2, -0.15) is 0 Å². The maximum Gasteiger partial charge on any atom is 0.123 e. The molecule has 0 amide bonds. The lowest BCUT2D eigenvalue weighted by Gasteiger charge is -2.32. The molecular formula is C25H31FN2. The first-order valence-corrected chi connectivity index (χ1v) is 10.1. The highest BCUT2D eigenvalue weighted by molar-refractivity contribution is 5.26. The molecule has 1 unspecified atom stereocenters. The van der Waals surface area contributed by atoms with Gasteiger partial charge in [-0.15, -0.1) is 0 Å². The zero-order chi connectivity index (χ0) is 20.1. The molecule has 0 saturated carbocycles. The summed E-state index contributed by atoms with van der Waals surface area (Å²) in [5.74, 6) is 0.385. The Morgan fingerprint density at radius 2 is 1.61 bits per heavy atom. The first-order chi connectivity index (χ1) is 13.4. The molecule has 3 heteroatoms. The zero-order valence-electron chi connectivity index (χ0n) is 17.4. The van der Waals surface area contributed by atoms with Crippen LogP contribution in [-0.2, 0) is 19.6 Å². The molecule has 1 atom stereocenters. The van der Waals surface area contributed by atoms with Crippen LogP contribution in [0.3, 0.4) is 0 Å². The van der Waals surface area contributed by atoms with Crippen LogP contribution in [-0.4, -0.2) is 15.5 Å². The third-order valence-corrected chi connectivity index (χ3v) is 5.73. The molecule has 1 aromatic heterocycles. The second-order valence-corrected chi connectivity index (χ2v) is 8.07. The quantitative estimate of drug-likeness (QED) is 0.464. The van der Waals surface area contributed by atoms with Gasteiger partial charge in [-0.05, 0) is 60.7 Å². The highest BCUT2D eigenvalue weighted by Gasteiger charge is 2.19. The Bertz CT molecular complexity index is 880. The van der Waals surface area contributed by atoms with Crippen molar-refractivity contribution in [3.05, 3.63) is 95.1 Å². The second kappa shape index (κ2) is 9.20. The zero-order valence-corrected chi connectivity index (χ0v) is 17.4. The fraction of sp³-hybridized carbons (Fsp3) is 0.360. The number of benzene rings is 2. The van der Waals surface area contributed by atoms with Gasteiger partial charge >= 0.3 is 0 Å². The van der Waals surface area contributed by atoms with Gasteiger partial charge in [0.1, 0.15) is 5.82 Å². The Hall–Kier alpha value is -2.39. The highest BCUT2D eigenvalue weighted by Crippen LogP contribution is 2.20. The molecular weight excluding hydrogens is 347 g/mol. The lowest BCUT2D eigenvalue weighted by Crippen LogP contribution is -2.36. The van der Waals surface area contributed by atoms with Crippen molar-refractivity contribution < 1.29 is 4.39 Å². The Kier molecular flexibility index (Phi) is 6.69. The number of nitrogens with zero attached hydrogens (tertiary/aromatic N) is 2. The van der Waals surface area contributed by atoms with Crippen LogP contribution in [0, 0.1) is 18.7 Å². The van der Waals surface area contributed by atoms with E-state index in [0.717, 1.165) is 25.2 Å². The van der Waals surface area contributed by atoms with Crippen molar-refractivity contribution >= 4 is 0 Å². The Morgan fingerprint density at radius 1 is 0.893 bits per heavy atom. The molecule has 0 aliphatic rings. The minimum atomic E-state index is -0.188.